The molecule has 0 aliphatic rings. The molecule has 0 spiro atoms. The molecule has 0 aliphatic heterocycles. The van der Waals surface area contributed by atoms with Crippen LogP contribution in [0.3, 0.4) is 0 Å². The van der Waals surface area contributed by atoms with E-state index in [1.807, 2.05) is 0 Å². The van der Waals surface area contributed by atoms with Crippen LogP contribution in [-0.2, 0) is 19.9 Å². The molecule has 8 nitrogen and oxygen atoms in total. The minimum absolute atomic E-state index is 0.0338. The molecular weight excluding hydrogens is 384 g/mol. The Kier molecular flexibility index (Phi) is 4.33. The predicted octanol–water partition coefficient (Wildman–Crippen LogP) is 2.23. The molecule has 0 amide bonds. The van der Waals surface area contributed by atoms with Gasteiger partial charge in [-0.25, -0.2) is 21.8 Å². The van der Waals surface area contributed by atoms with Crippen molar-refractivity contribution in [2.75, 3.05) is 10.5 Å². The number of rotatable bonds is 5. The zero-order chi connectivity index (χ0) is 18.4. The third-order valence-corrected chi connectivity index (χ3v) is 8.45. The van der Waals surface area contributed by atoms with Gasteiger partial charge in [0.2, 0.25) is 14.2 Å². The highest BCUT2D eigenvalue weighted by Crippen LogP contribution is 2.29. The summed E-state index contributed by atoms with van der Waals surface area (Å²) in [6.07, 6.45) is 0. The molecule has 1 aromatic carbocycles. The van der Waals surface area contributed by atoms with Crippen molar-refractivity contribution in [3.05, 3.63) is 29.6 Å². The van der Waals surface area contributed by atoms with Gasteiger partial charge >= 0.3 is 0 Å². The van der Waals surface area contributed by atoms with Gasteiger partial charge < -0.3 is 0 Å². The molecule has 2 N–H and O–H groups in total. The second kappa shape index (κ2) is 6.07. The van der Waals surface area contributed by atoms with Crippen molar-refractivity contribution in [3.63, 3.8) is 0 Å². The molecule has 0 aliphatic carbocycles. The number of anilines is 1. The first-order valence-corrected chi connectivity index (χ1v) is 11.3. The zero-order valence-corrected chi connectivity index (χ0v) is 16.1. The molecule has 3 aromatic rings. The number of sulfonamides is 1. The van der Waals surface area contributed by atoms with E-state index in [1.165, 1.54) is 0 Å². The number of sulfone groups is 1. The second-order valence-corrected chi connectivity index (χ2v) is 10.5. The monoisotopic (exact) mass is 400 g/mol. The minimum atomic E-state index is -3.80. The van der Waals surface area contributed by atoms with Crippen molar-refractivity contribution >= 4 is 47.1 Å². The summed E-state index contributed by atoms with van der Waals surface area (Å²) in [5.74, 6) is -0.0364. The Morgan fingerprint density at radius 3 is 2.52 bits per heavy atom. The van der Waals surface area contributed by atoms with Gasteiger partial charge in [0.15, 0.2) is 0 Å². The fourth-order valence-electron chi connectivity index (χ4n) is 2.37. The summed E-state index contributed by atoms with van der Waals surface area (Å²) in [5.41, 5.74) is 1.66. The Bertz CT molecular complexity index is 1140. The minimum Gasteiger partial charge on any atom is -0.281 e. The average molecular weight is 401 g/mol. The number of benzene rings is 1. The van der Waals surface area contributed by atoms with Crippen molar-refractivity contribution < 1.29 is 16.8 Å². The third kappa shape index (κ3) is 3.26. The number of nitrogens with zero attached hydrogens (tertiary/aromatic N) is 2. The molecule has 0 saturated heterocycles. The molecule has 0 unspecified atom stereocenters. The molecule has 3 rings (SSSR count). The van der Waals surface area contributed by atoms with Crippen molar-refractivity contribution in [1.29, 1.82) is 0 Å². The van der Waals surface area contributed by atoms with Crippen LogP contribution < -0.4 is 4.72 Å². The molecule has 2 heterocycles. The molecule has 25 heavy (non-hydrogen) atoms. The molecule has 134 valence electrons. The molecule has 0 radical (unpaired) electrons. The van der Waals surface area contributed by atoms with Gasteiger partial charge in [-0.05, 0) is 32.0 Å². The lowest BCUT2D eigenvalue weighted by Gasteiger charge is -2.08. The summed E-state index contributed by atoms with van der Waals surface area (Å²) < 4.78 is 52.1. The fourth-order valence-corrected chi connectivity index (χ4v) is 6.14. The fraction of sp³-hybridized carbons (Fsp3) is 0.286. The average Bonchev–Trinajstić information content (AvgIpc) is 3.10. The van der Waals surface area contributed by atoms with E-state index in [-0.39, 0.29) is 15.0 Å². The number of fused-ring (bicyclic) bond motifs is 1. The Labute approximate surface area is 149 Å². The summed E-state index contributed by atoms with van der Waals surface area (Å²) in [6.45, 7) is 4.78. The Morgan fingerprint density at radius 1 is 1.20 bits per heavy atom. The second-order valence-electron chi connectivity index (χ2n) is 5.43. The van der Waals surface area contributed by atoms with Gasteiger partial charge in [-0.1, -0.05) is 6.92 Å². The number of hydrogen-bond acceptors (Lipinski definition) is 7. The van der Waals surface area contributed by atoms with Gasteiger partial charge in [0.25, 0.3) is 10.0 Å². The standard InChI is InChI=1S/C14H16N4O4S3/c1-4-24(19,20)14-15-11-6-5-10(7-12(11)23-14)18-25(21,22)13-8(2)16-17-9(13)3/h5-7,18H,4H2,1-3H3,(H,16,17). The maximum absolute atomic E-state index is 12.6. The Morgan fingerprint density at radius 2 is 1.92 bits per heavy atom. The third-order valence-electron chi connectivity index (χ3n) is 3.60. The predicted molar refractivity (Wildman–Crippen MR) is 96.2 cm³/mol. The number of aromatic amines is 1. The molecule has 2 aromatic heterocycles. The van der Waals surface area contributed by atoms with Crippen molar-refractivity contribution in [2.45, 2.75) is 30.0 Å². The highest BCUT2D eigenvalue weighted by Gasteiger charge is 2.23. The number of H-pyrrole nitrogens is 1. The molecule has 0 atom stereocenters. The lowest BCUT2D eigenvalue weighted by Crippen LogP contribution is -2.14. The van der Waals surface area contributed by atoms with Crippen LogP contribution in [0.1, 0.15) is 18.3 Å². The van der Waals surface area contributed by atoms with Crippen LogP contribution >= 0.6 is 11.3 Å². The lowest BCUT2D eigenvalue weighted by atomic mass is 10.3. The van der Waals surface area contributed by atoms with E-state index < -0.39 is 19.9 Å². The van der Waals surface area contributed by atoms with Gasteiger partial charge in [-0.3, -0.25) is 9.82 Å². The van der Waals surface area contributed by atoms with Crippen LogP contribution in [0.25, 0.3) is 10.2 Å². The van der Waals surface area contributed by atoms with Gasteiger partial charge in [-0.15, -0.1) is 11.3 Å². The van der Waals surface area contributed by atoms with Crippen LogP contribution in [0.4, 0.5) is 5.69 Å². The van der Waals surface area contributed by atoms with Gasteiger partial charge in [0.1, 0.15) is 4.90 Å². The van der Waals surface area contributed by atoms with E-state index in [2.05, 4.69) is 19.9 Å². The van der Waals surface area contributed by atoms with E-state index >= 15 is 0 Å². The van der Waals surface area contributed by atoms with E-state index in [4.69, 9.17) is 0 Å². The maximum atomic E-state index is 12.6. The molecule has 0 fully saturated rings. The number of aromatic nitrogens is 3. The topological polar surface area (TPSA) is 122 Å². The summed E-state index contributed by atoms with van der Waals surface area (Å²) in [4.78, 5) is 4.21. The SMILES string of the molecule is CCS(=O)(=O)c1nc2ccc(NS(=O)(=O)c3c(C)n[nH]c3C)cc2s1. The van der Waals surface area contributed by atoms with Crippen LogP contribution in [0.5, 0.6) is 0 Å². The molecule has 0 bridgehead atoms. The Hall–Kier alpha value is -1.98. The smallest absolute Gasteiger partial charge is 0.265 e. The van der Waals surface area contributed by atoms with E-state index in [1.54, 1.807) is 39.0 Å². The molecular formula is C14H16N4O4S3. The summed E-state index contributed by atoms with van der Waals surface area (Å²) in [6, 6.07) is 4.71. The van der Waals surface area contributed by atoms with Gasteiger partial charge in [0, 0.05) is 0 Å². The zero-order valence-electron chi connectivity index (χ0n) is 13.7. The van der Waals surface area contributed by atoms with E-state index in [0.29, 0.717) is 27.3 Å². The van der Waals surface area contributed by atoms with E-state index in [9.17, 15) is 16.8 Å². The van der Waals surface area contributed by atoms with Crippen LogP contribution in [-0.4, -0.2) is 37.8 Å². The maximum Gasteiger partial charge on any atom is 0.265 e. The van der Waals surface area contributed by atoms with Crippen molar-refractivity contribution in [2.24, 2.45) is 0 Å². The van der Waals surface area contributed by atoms with Crippen LogP contribution in [0.2, 0.25) is 0 Å². The number of aryl methyl sites for hydroxylation is 2. The highest BCUT2D eigenvalue weighted by atomic mass is 32.2. The normalized spacial score (nSPS) is 12.6. The summed E-state index contributed by atoms with van der Waals surface area (Å²) >= 11 is 1.02. The number of thiazole rings is 1. The quantitative estimate of drug-likeness (QED) is 0.677. The first kappa shape index (κ1) is 17.8. The van der Waals surface area contributed by atoms with Crippen molar-refractivity contribution in [1.82, 2.24) is 15.2 Å². The van der Waals surface area contributed by atoms with Crippen LogP contribution in [0, 0.1) is 13.8 Å². The molecule has 0 saturated carbocycles. The first-order valence-electron chi connectivity index (χ1n) is 7.32. The summed E-state index contributed by atoms with van der Waals surface area (Å²) in [7, 11) is -7.20. The summed E-state index contributed by atoms with van der Waals surface area (Å²) in [5, 5.41) is 6.54. The number of nitrogens with one attached hydrogen (secondary N) is 2. The van der Waals surface area contributed by atoms with Gasteiger partial charge in [-0.2, -0.15) is 5.10 Å². The van der Waals surface area contributed by atoms with Crippen molar-refractivity contribution in [3.8, 4) is 0 Å². The molecule has 11 heteroatoms. The van der Waals surface area contributed by atoms with E-state index in [0.717, 1.165) is 11.3 Å². The highest BCUT2D eigenvalue weighted by molar-refractivity contribution is 7.93. The first-order chi connectivity index (χ1) is 11.6. The lowest BCUT2D eigenvalue weighted by molar-refractivity contribution is 0.596. The van der Waals surface area contributed by atoms with Gasteiger partial charge in [0.05, 0.1) is 33.0 Å². The Balaban J connectivity index is 2.00. The number of hydrogen-bond donors (Lipinski definition) is 2. The largest absolute Gasteiger partial charge is 0.281 e. The van der Waals surface area contributed by atoms with Crippen LogP contribution in [0.15, 0.2) is 27.4 Å².